The molecule has 0 spiro atoms. The van der Waals surface area contributed by atoms with Crippen LogP contribution in [0.1, 0.15) is 47.6 Å². The first-order valence-electron chi connectivity index (χ1n) is 14.7. The molecule has 43 heavy (non-hydrogen) atoms. The molecular weight excluding hydrogens is 659 g/mol. The fraction of sp³-hybridized carbons (Fsp3) is 0.231. The first-order valence-corrected chi connectivity index (χ1v) is 23.0. The van der Waals surface area contributed by atoms with E-state index in [2.05, 4.69) is 158 Å². The van der Waals surface area contributed by atoms with E-state index in [0.29, 0.717) is 5.92 Å². The van der Waals surface area contributed by atoms with E-state index in [1.54, 1.807) is 0 Å². The molecule has 0 saturated heterocycles. The second kappa shape index (κ2) is 17.3. The summed E-state index contributed by atoms with van der Waals surface area (Å²) in [5.74, 6) is 0.578. The van der Waals surface area contributed by atoms with Gasteiger partial charge in [0, 0.05) is 9.52 Å². The molecule has 0 saturated carbocycles. The standard InChI is InChI=1S/C20H21.C17H15.C2H6Si.2ClH.Zr/c1-13(2)17-11-16-6-5-7-18(20(16)12-17)19-10-14(3)8-9-15(19)4;1-12-10-16-13(2)8-9-15(17(16)11-12)14-6-4-3-5-7-14;1-3-2;;;/h5-13H,1-4H3;3-11H,1-2H3;1-2H3;2*1H;/q2*-1;;;;+4/p-2. The molecule has 6 aromatic carbocycles. The van der Waals surface area contributed by atoms with Crippen molar-refractivity contribution >= 4 is 48.1 Å². The summed E-state index contributed by atoms with van der Waals surface area (Å²) < 4.78 is 0. The first-order chi connectivity index (χ1) is 20.6. The number of hydrogen-bond donors (Lipinski definition) is 0. The molecule has 0 nitrogen and oxygen atoms in total. The molecule has 0 atom stereocenters. The van der Waals surface area contributed by atoms with Gasteiger partial charge in [0.15, 0.2) is 0 Å². The van der Waals surface area contributed by atoms with Gasteiger partial charge >= 0.3 is 37.9 Å². The van der Waals surface area contributed by atoms with Gasteiger partial charge in [-0.05, 0) is 36.5 Å². The molecule has 0 aliphatic heterocycles. The van der Waals surface area contributed by atoms with E-state index in [4.69, 9.17) is 17.0 Å². The Morgan fingerprint density at radius 3 is 1.95 bits per heavy atom. The maximum absolute atomic E-state index is 4.93. The number of hydrogen-bond acceptors (Lipinski definition) is 0. The molecule has 0 N–H and O–H groups in total. The van der Waals surface area contributed by atoms with Crippen molar-refractivity contribution in [1.82, 2.24) is 0 Å². The third-order valence-electron chi connectivity index (χ3n) is 7.46. The summed E-state index contributed by atoms with van der Waals surface area (Å²) in [6.07, 6.45) is 0. The van der Waals surface area contributed by atoms with Crippen molar-refractivity contribution in [3.8, 4) is 22.3 Å². The Hall–Kier alpha value is -2.22. The average molecular weight is 701 g/mol. The van der Waals surface area contributed by atoms with Crippen LogP contribution in [0, 0.1) is 27.7 Å². The van der Waals surface area contributed by atoms with Gasteiger partial charge in [-0.25, -0.2) is 0 Å². The second-order valence-electron chi connectivity index (χ2n) is 11.3. The van der Waals surface area contributed by atoms with Gasteiger partial charge in [0.05, 0.1) is 0 Å². The van der Waals surface area contributed by atoms with Gasteiger partial charge in [0.1, 0.15) is 0 Å². The molecule has 2 radical (unpaired) electrons. The zero-order chi connectivity index (χ0) is 31.5. The summed E-state index contributed by atoms with van der Waals surface area (Å²) in [4.78, 5) is 0. The van der Waals surface area contributed by atoms with E-state index < -0.39 is 20.8 Å². The predicted molar refractivity (Wildman–Crippen MR) is 192 cm³/mol. The predicted octanol–water partition coefficient (Wildman–Crippen LogP) is 13.0. The summed E-state index contributed by atoms with van der Waals surface area (Å²) in [6.45, 7) is 17.5. The molecule has 4 heteroatoms. The van der Waals surface area contributed by atoms with E-state index in [9.17, 15) is 0 Å². The van der Waals surface area contributed by atoms with Crippen LogP contribution >= 0.6 is 17.0 Å². The Balaban J connectivity index is 0.000000201. The van der Waals surface area contributed by atoms with E-state index in [-0.39, 0.29) is 0 Å². The second-order valence-corrected chi connectivity index (χ2v) is 16.0. The van der Waals surface area contributed by atoms with E-state index in [0.717, 1.165) is 9.52 Å². The molecule has 6 rings (SSSR count). The average Bonchev–Trinajstić information content (AvgIpc) is 3.61. The van der Waals surface area contributed by atoms with Crippen molar-refractivity contribution in [2.24, 2.45) is 0 Å². The van der Waals surface area contributed by atoms with Crippen molar-refractivity contribution in [1.29, 1.82) is 0 Å². The number of halogens is 2. The molecule has 0 fully saturated rings. The van der Waals surface area contributed by atoms with E-state index >= 15 is 0 Å². The molecule has 0 amide bonds. The summed E-state index contributed by atoms with van der Waals surface area (Å²) in [5, 5.41) is 5.48. The van der Waals surface area contributed by atoms with Gasteiger partial charge in [0.25, 0.3) is 0 Å². The van der Waals surface area contributed by atoms with Crippen LogP contribution < -0.4 is 0 Å². The summed E-state index contributed by atoms with van der Waals surface area (Å²) in [5.41, 5.74) is 12.1. The number of fused-ring (bicyclic) bond motifs is 2. The monoisotopic (exact) mass is 698 g/mol. The molecular formula is C39H42Cl2SiZr. The van der Waals surface area contributed by atoms with Crippen LogP contribution in [0.3, 0.4) is 0 Å². The van der Waals surface area contributed by atoms with Crippen molar-refractivity contribution < 1.29 is 20.8 Å². The Labute approximate surface area is 280 Å². The zero-order valence-electron chi connectivity index (χ0n) is 26.6. The van der Waals surface area contributed by atoms with Crippen LogP contribution in [-0.4, -0.2) is 9.52 Å². The van der Waals surface area contributed by atoms with E-state index in [1.165, 1.54) is 71.6 Å². The molecule has 6 aromatic rings. The Kier molecular flexibility index (Phi) is 14.2. The molecule has 0 unspecified atom stereocenters. The van der Waals surface area contributed by atoms with E-state index in [1.807, 2.05) is 0 Å². The molecule has 0 aliphatic carbocycles. The van der Waals surface area contributed by atoms with Gasteiger partial charge in [0.2, 0.25) is 0 Å². The van der Waals surface area contributed by atoms with Crippen LogP contribution in [0.4, 0.5) is 0 Å². The van der Waals surface area contributed by atoms with Crippen LogP contribution in [0.2, 0.25) is 13.1 Å². The zero-order valence-corrected chi connectivity index (χ0v) is 31.6. The minimum absolute atomic E-state index is 0.578. The quantitative estimate of drug-likeness (QED) is 0.127. The first kappa shape index (κ1) is 35.3. The van der Waals surface area contributed by atoms with Gasteiger partial charge in [-0.2, -0.15) is 12.1 Å². The third kappa shape index (κ3) is 9.39. The van der Waals surface area contributed by atoms with Crippen LogP contribution in [-0.2, 0) is 20.8 Å². The molecule has 0 aromatic heterocycles. The number of rotatable bonds is 3. The maximum atomic E-state index is 4.93. The van der Waals surface area contributed by atoms with Crippen molar-refractivity contribution in [2.75, 3.05) is 0 Å². The fourth-order valence-corrected chi connectivity index (χ4v) is 5.31. The van der Waals surface area contributed by atoms with Gasteiger partial charge in [-0.3, -0.25) is 0 Å². The van der Waals surface area contributed by atoms with Crippen LogP contribution in [0.5, 0.6) is 0 Å². The van der Waals surface area contributed by atoms with Gasteiger partial charge in [-0.1, -0.05) is 118 Å². The number of aryl methyl sites for hydroxylation is 4. The Bertz CT molecular complexity index is 1730. The Morgan fingerprint density at radius 1 is 0.651 bits per heavy atom. The van der Waals surface area contributed by atoms with Crippen molar-refractivity contribution in [2.45, 2.75) is 60.6 Å². The Morgan fingerprint density at radius 2 is 1.30 bits per heavy atom. The minimum atomic E-state index is -0.826. The summed E-state index contributed by atoms with van der Waals surface area (Å²) >= 11 is -0.826. The fourth-order valence-electron chi connectivity index (χ4n) is 5.31. The topological polar surface area (TPSA) is 0 Å². The van der Waals surface area contributed by atoms with Gasteiger partial charge in [-0.15, -0.1) is 68.6 Å². The molecule has 0 aliphatic rings. The van der Waals surface area contributed by atoms with Crippen molar-refractivity contribution in [3.63, 3.8) is 0 Å². The van der Waals surface area contributed by atoms with Crippen LogP contribution in [0.25, 0.3) is 43.8 Å². The van der Waals surface area contributed by atoms with Crippen molar-refractivity contribution in [3.05, 3.63) is 131 Å². The summed E-state index contributed by atoms with van der Waals surface area (Å²) in [6, 6.07) is 37.6. The molecule has 0 heterocycles. The SMILES string of the molecule is C[Si]C.Cc1cc2c(-c3ccccc3)ccc(C)c2[cH-]1.Cc1ccc(C)c(-c2cccc3[cH-]c(C(C)C)cc23)c1.[Cl][Zr+2][Cl]. The molecule has 220 valence electrons. The number of benzene rings is 4. The van der Waals surface area contributed by atoms with Crippen LogP contribution in [0.15, 0.2) is 103 Å². The summed E-state index contributed by atoms with van der Waals surface area (Å²) in [7, 11) is 11.0. The van der Waals surface area contributed by atoms with Gasteiger partial charge < -0.3 is 0 Å². The normalized spacial score (nSPS) is 10.3. The molecule has 0 bridgehead atoms. The third-order valence-corrected chi connectivity index (χ3v) is 7.46.